The van der Waals surface area contributed by atoms with Gasteiger partial charge in [0.1, 0.15) is 12.7 Å². The molecule has 1 aromatic rings. The molecule has 6 nitrogen and oxygen atoms in total. The van der Waals surface area contributed by atoms with E-state index in [4.69, 9.17) is 14.2 Å². The molecule has 2 aliphatic rings. The van der Waals surface area contributed by atoms with E-state index >= 15 is 0 Å². The summed E-state index contributed by atoms with van der Waals surface area (Å²) in [5.41, 5.74) is 1.12. The van der Waals surface area contributed by atoms with Crippen molar-refractivity contribution in [3.8, 4) is 11.5 Å². The molecule has 1 N–H and O–H groups in total. The highest BCUT2D eigenvalue weighted by atomic mass is 16.5. The van der Waals surface area contributed by atoms with E-state index in [1.165, 1.54) is 32.1 Å². The fraction of sp³-hybridized carbons (Fsp3) is 0.727. The minimum absolute atomic E-state index is 0.262. The number of methoxy groups -OCH3 is 1. The first-order valence-electron chi connectivity index (χ1n) is 10.6. The molecule has 0 aromatic heterocycles. The highest BCUT2D eigenvalue weighted by Gasteiger charge is 2.21. The van der Waals surface area contributed by atoms with Crippen LogP contribution in [-0.4, -0.2) is 80.7 Å². The number of benzene rings is 1. The van der Waals surface area contributed by atoms with Crippen LogP contribution in [0, 0.1) is 0 Å². The smallest absolute Gasteiger partial charge is 0.165 e. The first kappa shape index (κ1) is 21.4. The van der Waals surface area contributed by atoms with Crippen LogP contribution in [0.3, 0.4) is 0 Å². The van der Waals surface area contributed by atoms with Crippen molar-refractivity contribution in [2.24, 2.45) is 0 Å². The summed E-state index contributed by atoms with van der Waals surface area (Å²) in [7, 11) is 3.87. The molecule has 0 spiro atoms. The van der Waals surface area contributed by atoms with Crippen LogP contribution in [0.4, 0.5) is 0 Å². The Labute approximate surface area is 169 Å². The van der Waals surface area contributed by atoms with Gasteiger partial charge in [0.05, 0.1) is 20.3 Å². The molecule has 0 bridgehead atoms. The second kappa shape index (κ2) is 11.0. The molecular formula is C22H36N2O4. The van der Waals surface area contributed by atoms with E-state index < -0.39 is 6.10 Å². The third-order valence-corrected chi connectivity index (χ3v) is 5.89. The van der Waals surface area contributed by atoms with Crippen LogP contribution < -0.4 is 9.47 Å². The molecule has 1 aliphatic heterocycles. The van der Waals surface area contributed by atoms with E-state index in [1.54, 1.807) is 7.11 Å². The Morgan fingerprint density at radius 1 is 1.21 bits per heavy atom. The highest BCUT2D eigenvalue weighted by molar-refractivity contribution is 5.46. The van der Waals surface area contributed by atoms with E-state index in [0.29, 0.717) is 12.6 Å². The van der Waals surface area contributed by atoms with Gasteiger partial charge in [-0.1, -0.05) is 31.4 Å². The van der Waals surface area contributed by atoms with Crippen molar-refractivity contribution >= 4 is 0 Å². The van der Waals surface area contributed by atoms with Gasteiger partial charge < -0.3 is 19.3 Å². The topological polar surface area (TPSA) is 54.4 Å². The third kappa shape index (κ3) is 6.08. The molecule has 1 heterocycles. The number of hydrogen-bond donors (Lipinski definition) is 1. The van der Waals surface area contributed by atoms with Gasteiger partial charge in [-0.2, -0.15) is 0 Å². The van der Waals surface area contributed by atoms with Crippen LogP contribution >= 0.6 is 0 Å². The fourth-order valence-corrected chi connectivity index (χ4v) is 4.24. The quantitative estimate of drug-likeness (QED) is 0.697. The fourth-order valence-electron chi connectivity index (χ4n) is 4.24. The van der Waals surface area contributed by atoms with Crippen molar-refractivity contribution < 1.29 is 19.3 Å². The molecule has 158 valence electrons. The minimum Gasteiger partial charge on any atom is -0.493 e. The van der Waals surface area contributed by atoms with Gasteiger partial charge in [-0.15, -0.1) is 0 Å². The summed E-state index contributed by atoms with van der Waals surface area (Å²) in [6.45, 7) is 4.90. The van der Waals surface area contributed by atoms with E-state index in [-0.39, 0.29) is 6.61 Å². The van der Waals surface area contributed by atoms with Crippen LogP contribution in [0.2, 0.25) is 0 Å². The van der Waals surface area contributed by atoms with Gasteiger partial charge in [0.25, 0.3) is 0 Å². The average molecular weight is 393 g/mol. The zero-order chi connectivity index (χ0) is 19.8. The summed E-state index contributed by atoms with van der Waals surface area (Å²) in [6, 6.07) is 6.68. The van der Waals surface area contributed by atoms with Crippen molar-refractivity contribution in [3.63, 3.8) is 0 Å². The second-order valence-corrected chi connectivity index (χ2v) is 8.03. The molecule has 0 amide bonds. The molecule has 0 radical (unpaired) electrons. The zero-order valence-corrected chi connectivity index (χ0v) is 17.4. The van der Waals surface area contributed by atoms with Crippen LogP contribution in [0.5, 0.6) is 11.5 Å². The van der Waals surface area contributed by atoms with Crippen molar-refractivity contribution in [2.75, 3.05) is 53.6 Å². The lowest BCUT2D eigenvalue weighted by atomic mass is 9.94. The molecule has 6 heteroatoms. The lowest BCUT2D eigenvalue weighted by molar-refractivity contribution is 0.00429. The first-order valence-corrected chi connectivity index (χ1v) is 10.6. The molecule has 2 fully saturated rings. The lowest BCUT2D eigenvalue weighted by Crippen LogP contribution is -2.42. The molecule has 1 saturated carbocycles. The van der Waals surface area contributed by atoms with Crippen molar-refractivity contribution in [1.82, 2.24) is 9.80 Å². The van der Waals surface area contributed by atoms with Gasteiger partial charge in [0.2, 0.25) is 0 Å². The van der Waals surface area contributed by atoms with Crippen molar-refractivity contribution in [3.05, 3.63) is 23.8 Å². The van der Waals surface area contributed by atoms with E-state index in [0.717, 1.165) is 49.9 Å². The number of hydrogen-bond acceptors (Lipinski definition) is 6. The Morgan fingerprint density at radius 3 is 2.68 bits per heavy atom. The largest absolute Gasteiger partial charge is 0.493 e. The Kier molecular flexibility index (Phi) is 8.40. The zero-order valence-electron chi connectivity index (χ0n) is 17.4. The summed E-state index contributed by atoms with van der Waals surface area (Å²) in [5.74, 6) is 1.49. The Balaban J connectivity index is 1.60. The SMILES string of the molecule is COc1cccc(CN(C)C2CCCCC2)c1OC[C@@H](O)CN1CCOCC1. The highest BCUT2D eigenvalue weighted by Crippen LogP contribution is 2.33. The van der Waals surface area contributed by atoms with Crippen molar-refractivity contribution in [1.29, 1.82) is 0 Å². The van der Waals surface area contributed by atoms with Crippen LogP contribution in [0.1, 0.15) is 37.7 Å². The lowest BCUT2D eigenvalue weighted by Gasteiger charge is -2.32. The predicted molar refractivity (Wildman–Crippen MR) is 110 cm³/mol. The van der Waals surface area contributed by atoms with Crippen LogP contribution in [0.15, 0.2) is 18.2 Å². The van der Waals surface area contributed by atoms with Gasteiger partial charge >= 0.3 is 0 Å². The summed E-state index contributed by atoms with van der Waals surface area (Å²) < 4.78 is 17.0. The number of aliphatic hydroxyl groups is 1. The van der Waals surface area contributed by atoms with Crippen LogP contribution in [0.25, 0.3) is 0 Å². The molecule has 1 saturated heterocycles. The molecule has 0 unspecified atom stereocenters. The number of rotatable bonds is 9. The summed E-state index contributed by atoms with van der Waals surface area (Å²) in [6.07, 6.45) is 6.02. The molecule has 1 atom stereocenters. The summed E-state index contributed by atoms with van der Waals surface area (Å²) in [4.78, 5) is 4.66. The van der Waals surface area contributed by atoms with Crippen molar-refractivity contribution in [2.45, 2.75) is 50.8 Å². The van der Waals surface area contributed by atoms with Gasteiger partial charge in [0, 0.05) is 37.8 Å². The van der Waals surface area contributed by atoms with E-state index in [9.17, 15) is 5.11 Å². The normalized spacial score (nSPS) is 20.3. The molecule has 1 aromatic carbocycles. The maximum Gasteiger partial charge on any atom is 0.165 e. The Bertz CT molecular complexity index is 586. The second-order valence-electron chi connectivity index (χ2n) is 8.03. The number of morpholine rings is 1. The maximum atomic E-state index is 10.4. The first-order chi connectivity index (χ1) is 13.7. The third-order valence-electron chi connectivity index (χ3n) is 5.89. The average Bonchev–Trinajstić information content (AvgIpc) is 2.74. The Morgan fingerprint density at radius 2 is 1.96 bits per heavy atom. The molecular weight excluding hydrogens is 356 g/mol. The standard InChI is InChI=1S/C22H36N2O4/c1-23(19-8-4-3-5-9-19)15-18-7-6-10-21(26-2)22(18)28-17-20(25)16-24-11-13-27-14-12-24/h6-7,10,19-20,25H,3-5,8-9,11-17H2,1-2H3/t20-/m0/s1. The summed E-state index contributed by atoms with van der Waals surface area (Å²) in [5, 5.41) is 10.4. The van der Waals surface area contributed by atoms with Crippen LogP contribution in [-0.2, 0) is 11.3 Å². The number of para-hydroxylation sites is 1. The molecule has 28 heavy (non-hydrogen) atoms. The molecule has 1 aliphatic carbocycles. The number of ether oxygens (including phenoxy) is 3. The van der Waals surface area contributed by atoms with Gasteiger partial charge in [-0.05, 0) is 26.0 Å². The van der Waals surface area contributed by atoms with E-state index in [2.05, 4.69) is 22.9 Å². The maximum absolute atomic E-state index is 10.4. The summed E-state index contributed by atoms with van der Waals surface area (Å²) >= 11 is 0. The van der Waals surface area contributed by atoms with Gasteiger partial charge in [-0.3, -0.25) is 9.80 Å². The van der Waals surface area contributed by atoms with E-state index in [1.807, 2.05) is 12.1 Å². The van der Waals surface area contributed by atoms with Gasteiger partial charge in [-0.25, -0.2) is 0 Å². The predicted octanol–water partition coefficient (Wildman–Crippen LogP) is 2.53. The number of aliphatic hydroxyl groups excluding tert-OH is 1. The number of nitrogens with zero attached hydrogens (tertiary/aromatic N) is 2. The number of β-amino-alcohol motifs (C(OH)–C–C–N with tert-alkyl or cyclic N) is 1. The monoisotopic (exact) mass is 392 g/mol. The Hall–Kier alpha value is -1.34. The minimum atomic E-state index is -0.535. The van der Waals surface area contributed by atoms with Gasteiger partial charge in [0.15, 0.2) is 11.5 Å². The molecule has 3 rings (SSSR count).